The average Bonchev–Trinajstić information content (AvgIpc) is 3.46. The molecule has 0 radical (unpaired) electrons. The van der Waals surface area contributed by atoms with E-state index in [-0.39, 0.29) is 5.91 Å². The topological polar surface area (TPSA) is 44.8 Å². The summed E-state index contributed by atoms with van der Waals surface area (Å²) in [6, 6.07) is 14.4. The van der Waals surface area contributed by atoms with E-state index >= 15 is 0 Å². The zero-order valence-electron chi connectivity index (χ0n) is 16.9. The van der Waals surface area contributed by atoms with Gasteiger partial charge in [0.25, 0.3) is 5.91 Å². The van der Waals surface area contributed by atoms with E-state index < -0.39 is 0 Å². The Labute approximate surface area is 171 Å². The third-order valence-corrected chi connectivity index (χ3v) is 6.19. The first-order valence-electron chi connectivity index (χ1n) is 10.6. The fraction of sp³-hybridized carbons (Fsp3) is 0.375. The molecule has 0 atom stereocenters. The monoisotopic (exact) mass is 389 g/mol. The number of ether oxygens (including phenoxy) is 1. The van der Waals surface area contributed by atoms with E-state index in [2.05, 4.69) is 40.5 Å². The molecule has 0 bridgehead atoms. The Balaban J connectivity index is 1.38. The molecule has 5 rings (SSSR count). The predicted octanol–water partition coefficient (Wildman–Crippen LogP) is 3.91. The van der Waals surface area contributed by atoms with Gasteiger partial charge in [0.1, 0.15) is 12.4 Å². The van der Waals surface area contributed by atoms with E-state index in [0.717, 1.165) is 36.3 Å². The van der Waals surface area contributed by atoms with Crippen LogP contribution in [0.25, 0.3) is 11.3 Å². The van der Waals surface area contributed by atoms with Gasteiger partial charge in [-0.1, -0.05) is 43.3 Å². The zero-order chi connectivity index (χ0) is 19.8. The summed E-state index contributed by atoms with van der Waals surface area (Å²) >= 11 is 0. The molecule has 0 aromatic heterocycles. The third kappa shape index (κ3) is 3.34. The van der Waals surface area contributed by atoms with Crippen molar-refractivity contribution in [2.45, 2.75) is 32.8 Å². The van der Waals surface area contributed by atoms with Crippen LogP contribution < -0.4 is 5.32 Å². The van der Waals surface area contributed by atoms with Gasteiger partial charge in [-0.15, -0.1) is 0 Å². The van der Waals surface area contributed by atoms with Crippen molar-refractivity contribution in [3.05, 3.63) is 64.7 Å². The minimum atomic E-state index is -0.0812. The van der Waals surface area contributed by atoms with E-state index in [0.29, 0.717) is 17.9 Å². The minimum absolute atomic E-state index is 0.0812. The molecule has 0 saturated carbocycles. The Bertz CT molecular complexity index is 976. The van der Waals surface area contributed by atoms with Gasteiger partial charge in [0.15, 0.2) is 0 Å². The van der Waals surface area contributed by atoms with Gasteiger partial charge in [0.2, 0.25) is 0 Å². The molecule has 1 N–H and O–H groups in total. The number of carbonyl (C=O) groups excluding carboxylic acids is 1. The number of amides is 1. The molecule has 150 valence electrons. The number of carbonyl (C=O) groups is 1. The highest BCUT2D eigenvalue weighted by atomic mass is 16.5. The number of fused-ring (bicyclic) bond motifs is 2. The first-order valence-corrected chi connectivity index (χ1v) is 10.6. The lowest BCUT2D eigenvalue weighted by atomic mass is 9.98. The summed E-state index contributed by atoms with van der Waals surface area (Å²) in [5, 5.41) is 7.92. The highest BCUT2D eigenvalue weighted by Crippen LogP contribution is 2.41. The molecular formula is C24H27N3O2. The van der Waals surface area contributed by atoms with Gasteiger partial charge in [0.05, 0.1) is 5.57 Å². The van der Waals surface area contributed by atoms with Gasteiger partial charge in [-0.25, -0.2) is 10.0 Å². The fourth-order valence-corrected chi connectivity index (χ4v) is 4.66. The predicted molar refractivity (Wildman–Crippen MR) is 115 cm³/mol. The molecule has 1 fully saturated rings. The molecule has 29 heavy (non-hydrogen) atoms. The number of anilines is 1. The highest BCUT2D eigenvalue weighted by molar-refractivity contribution is 6.36. The normalized spacial score (nSPS) is 20.7. The maximum Gasteiger partial charge on any atom is 0.260 e. The van der Waals surface area contributed by atoms with Crippen molar-refractivity contribution in [1.82, 2.24) is 10.0 Å². The van der Waals surface area contributed by atoms with Crippen molar-refractivity contribution in [2.24, 2.45) is 0 Å². The largest absolute Gasteiger partial charge is 0.487 e. The summed E-state index contributed by atoms with van der Waals surface area (Å²) < 4.78 is 6.02. The van der Waals surface area contributed by atoms with Gasteiger partial charge >= 0.3 is 0 Å². The number of hydrazine groups is 1. The molecule has 2 aromatic rings. The molecule has 1 saturated heterocycles. The summed E-state index contributed by atoms with van der Waals surface area (Å²) in [6.07, 6.45) is 3.63. The van der Waals surface area contributed by atoms with Crippen molar-refractivity contribution in [3.8, 4) is 0 Å². The molecular weight excluding hydrogens is 362 g/mol. The van der Waals surface area contributed by atoms with Gasteiger partial charge in [-0.3, -0.25) is 4.79 Å². The van der Waals surface area contributed by atoms with Crippen LogP contribution in [0.3, 0.4) is 0 Å². The Hall–Kier alpha value is -2.63. The van der Waals surface area contributed by atoms with Crippen LogP contribution >= 0.6 is 0 Å². The first-order chi connectivity index (χ1) is 14.2. The molecule has 2 aromatic carbocycles. The molecule has 1 amide bonds. The zero-order valence-corrected chi connectivity index (χ0v) is 16.9. The van der Waals surface area contributed by atoms with Crippen LogP contribution in [0.2, 0.25) is 0 Å². The summed E-state index contributed by atoms with van der Waals surface area (Å²) in [5.74, 6) is 0.628. The number of nitrogens with zero attached hydrogens (tertiary/aromatic N) is 2. The van der Waals surface area contributed by atoms with Crippen molar-refractivity contribution < 1.29 is 9.53 Å². The molecule has 3 aliphatic rings. The second kappa shape index (κ2) is 7.65. The van der Waals surface area contributed by atoms with Crippen LogP contribution in [-0.4, -0.2) is 42.1 Å². The van der Waals surface area contributed by atoms with Crippen LogP contribution in [0.4, 0.5) is 5.69 Å². The van der Waals surface area contributed by atoms with E-state index in [1.165, 1.54) is 37.1 Å². The minimum Gasteiger partial charge on any atom is -0.487 e. The third-order valence-electron chi connectivity index (χ3n) is 6.19. The number of rotatable bonds is 5. The summed E-state index contributed by atoms with van der Waals surface area (Å²) in [7, 11) is 0. The molecule has 3 heterocycles. The van der Waals surface area contributed by atoms with E-state index in [1.807, 2.05) is 24.3 Å². The lowest BCUT2D eigenvalue weighted by Gasteiger charge is -2.30. The number of nitrogens with one attached hydrogen (secondary N) is 1. The van der Waals surface area contributed by atoms with E-state index in [1.54, 1.807) is 0 Å². The van der Waals surface area contributed by atoms with Gasteiger partial charge in [-0.2, -0.15) is 0 Å². The number of hydrogen-bond acceptors (Lipinski definition) is 4. The Morgan fingerprint density at radius 2 is 1.93 bits per heavy atom. The summed E-state index contributed by atoms with van der Waals surface area (Å²) in [4.78, 5) is 12.6. The number of para-hydroxylation sites is 1. The Morgan fingerprint density at radius 1 is 1.10 bits per heavy atom. The van der Waals surface area contributed by atoms with Crippen molar-refractivity contribution in [1.29, 1.82) is 0 Å². The number of likely N-dealkylation sites (N-methyl/N-ethyl adjacent to an activating group) is 1. The van der Waals surface area contributed by atoms with Gasteiger partial charge < -0.3 is 10.1 Å². The van der Waals surface area contributed by atoms with Crippen LogP contribution in [0.15, 0.2) is 42.5 Å². The van der Waals surface area contributed by atoms with Crippen molar-refractivity contribution >= 4 is 22.9 Å². The summed E-state index contributed by atoms with van der Waals surface area (Å²) in [6.45, 7) is 7.23. The Kier molecular flexibility index (Phi) is 4.86. The number of benzene rings is 2. The molecule has 5 heteroatoms. The Morgan fingerprint density at radius 3 is 2.76 bits per heavy atom. The van der Waals surface area contributed by atoms with Crippen LogP contribution in [0.5, 0.6) is 0 Å². The standard InChI is InChI=1S/C24H27N3O2/c1-2-26(27-12-5-6-13-27)14-11-17-9-10-19-18(15-17)16-29-23(19)22-20-7-3-4-8-21(20)25-24(22)28/h3-4,7-10,15H,2,5-6,11-14,16H2,1H3,(H,25,28). The molecule has 0 aliphatic carbocycles. The fourth-order valence-electron chi connectivity index (χ4n) is 4.66. The second-order valence-corrected chi connectivity index (χ2v) is 7.94. The van der Waals surface area contributed by atoms with E-state index in [9.17, 15) is 4.79 Å². The lowest BCUT2D eigenvalue weighted by Crippen LogP contribution is -2.41. The average molecular weight is 389 g/mol. The van der Waals surface area contributed by atoms with Crippen LogP contribution in [0.1, 0.15) is 42.0 Å². The molecule has 3 aliphatic heterocycles. The maximum absolute atomic E-state index is 12.6. The molecule has 5 nitrogen and oxygen atoms in total. The molecule has 0 spiro atoms. The van der Waals surface area contributed by atoms with Gasteiger partial charge in [0, 0.05) is 48.6 Å². The SMILES string of the molecule is CCN(CCc1ccc2c(c1)COC2=C1C(=O)Nc2ccccc21)N1CCCC1. The van der Waals surface area contributed by atoms with Crippen LogP contribution in [-0.2, 0) is 22.6 Å². The molecule has 0 unspecified atom stereocenters. The van der Waals surface area contributed by atoms with Crippen molar-refractivity contribution in [2.75, 3.05) is 31.5 Å². The summed E-state index contributed by atoms with van der Waals surface area (Å²) in [5.41, 5.74) is 5.98. The number of hydrogen-bond donors (Lipinski definition) is 1. The van der Waals surface area contributed by atoms with Crippen molar-refractivity contribution in [3.63, 3.8) is 0 Å². The smallest absolute Gasteiger partial charge is 0.260 e. The van der Waals surface area contributed by atoms with Crippen LogP contribution in [0, 0.1) is 0 Å². The lowest BCUT2D eigenvalue weighted by molar-refractivity contribution is -0.110. The quantitative estimate of drug-likeness (QED) is 0.788. The van der Waals surface area contributed by atoms with Gasteiger partial charge in [-0.05, 0) is 30.9 Å². The maximum atomic E-state index is 12.6. The first kappa shape index (κ1) is 18.4. The van der Waals surface area contributed by atoms with E-state index in [4.69, 9.17) is 4.74 Å². The second-order valence-electron chi connectivity index (χ2n) is 7.94. The highest BCUT2D eigenvalue weighted by Gasteiger charge is 2.32.